The van der Waals surface area contributed by atoms with Crippen molar-refractivity contribution in [3.63, 3.8) is 0 Å². The fourth-order valence-electron chi connectivity index (χ4n) is 5.32. The van der Waals surface area contributed by atoms with Gasteiger partial charge in [-0.3, -0.25) is 4.79 Å². The predicted octanol–water partition coefficient (Wildman–Crippen LogP) is 5.83. The normalized spacial score (nSPS) is 16.2. The number of nitrogens with two attached hydrogens (primary N) is 1. The molecule has 210 valence electrons. The van der Waals surface area contributed by atoms with E-state index in [0.717, 1.165) is 29.1 Å². The lowest BCUT2D eigenvalue weighted by Crippen LogP contribution is -2.35. The number of rotatable bonds is 7. The highest BCUT2D eigenvalue weighted by Gasteiger charge is 2.34. The van der Waals surface area contributed by atoms with E-state index in [0.29, 0.717) is 41.0 Å². The van der Waals surface area contributed by atoms with Crippen LogP contribution in [-0.2, 0) is 12.0 Å². The summed E-state index contributed by atoms with van der Waals surface area (Å²) in [7, 11) is 0. The van der Waals surface area contributed by atoms with Crippen LogP contribution in [0.4, 0.5) is 0 Å². The molecule has 2 atom stereocenters. The van der Waals surface area contributed by atoms with Gasteiger partial charge in [0.2, 0.25) is 5.89 Å². The van der Waals surface area contributed by atoms with Crippen molar-refractivity contribution in [1.29, 1.82) is 5.26 Å². The van der Waals surface area contributed by atoms with E-state index < -0.39 is 5.54 Å². The molecule has 1 fully saturated rings. The number of aromatic nitrogens is 4. The highest BCUT2D eigenvalue weighted by Crippen LogP contribution is 2.36. The zero-order valence-electron chi connectivity index (χ0n) is 23.3. The second-order valence-electron chi connectivity index (χ2n) is 10.8. The van der Waals surface area contributed by atoms with Crippen LogP contribution in [0.5, 0.6) is 0 Å². The standard InChI is InChI=1S/C32H29N7O2S/c1-20-19-42-29(35-20)27-13-8-14-39(27)30(40)23-15-25(24-12-7-6-11-22(24)18-33)36-26(16-23)28-37-38-31(41-28)32(2,34)17-21-9-4-3-5-10-21/h3-7,9-12,15-16,19,27H,8,13-14,17,34H2,1-2H3/t27?,32-/m1/s1. The number of carbonyl (C=O) groups excluding carboxylic acids is 1. The van der Waals surface area contributed by atoms with E-state index in [1.54, 1.807) is 35.6 Å². The molecule has 0 radical (unpaired) electrons. The van der Waals surface area contributed by atoms with E-state index in [9.17, 15) is 10.1 Å². The highest BCUT2D eigenvalue weighted by atomic mass is 32.1. The van der Waals surface area contributed by atoms with Crippen LogP contribution >= 0.6 is 11.3 Å². The maximum atomic E-state index is 14.1. The van der Waals surface area contributed by atoms with E-state index in [-0.39, 0.29) is 23.7 Å². The quantitative estimate of drug-likeness (QED) is 0.256. The van der Waals surface area contributed by atoms with Gasteiger partial charge in [-0.15, -0.1) is 21.5 Å². The van der Waals surface area contributed by atoms with Crippen molar-refractivity contribution in [2.45, 2.75) is 44.7 Å². The first-order valence-electron chi connectivity index (χ1n) is 13.7. The number of nitrogens with zero attached hydrogens (tertiary/aromatic N) is 6. The Kier molecular flexibility index (Phi) is 7.37. The smallest absolute Gasteiger partial charge is 0.266 e. The summed E-state index contributed by atoms with van der Waals surface area (Å²) >= 11 is 1.58. The van der Waals surface area contributed by atoms with Crippen molar-refractivity contribution in [2.24, 2.45) is 5.73 Å². The Hall–Kier alpha value is -4.72. The number of benzene rings is 2. The molecule has 1 unspecified atom stereocenters. The van der Waals surface area contributed by atoms with E-state index in [1.165, 1.54) is 0 Å². The van der Waals surface area contributed by atoms with Crippen LogP contribution in [0.15, 0.2) is 76.5 Å². The molecule has 42 heavy (non-hydrogen) atoms. The second-order valence-corrected chi connectivity index (χ2v) is 11.6. The Labute approximate surface area is 247 Å². The SMILES string of the molecule is Cc1csc(C2CCCN2C(=O)c2cc(-c3nnc([C@](C)(N)Cc4ccccc4)o3)nc(-c3ccccc3C#N)c2)n1. The maximum absolute atomic E-state index is 14.1. The third kappa shape index (κ3) is 5.44. The lowest BCUT2D eigenvalue weighted by molar-refractivity contribution is 0.0735. The average molecular weight is 576 g/mol. The summed E-state index contributed by atoms with van der Waals surface area (Å²) in [5.41, 5.74) is 9.97. The zero-order valence-corrected chi connectivity index (χ0v) is 24.1. The molecule has 1 amide bonds. The minimum absolute atomic E-state index is 0.0893. The van der Waals surface area contributed by atoms with Gasteiger partial charge in [-0.05, 0) is 56.9 Å². The Morgan fingerprint density at radius 2 is 1.88 bits per heavy atom. The highest BCUT2D eigenvalue weighted by molar-refractivity contribution is 7.09. The maximum Gasteiger partial charge on any atom is 0.266 e. The van der Waals surface area contributed by atoms with Gasteiger partial charge in [0.05, 0.1) is 28.9 Å². The Balaban J connectivity index is 1.40. The first kappa shape index (κ1) is 27.4. The largest absolute Gasteiger partial charge is 0.417 e. The molecule has 2 aromatic carbocycles. The number of amides is 1. The Bertz CT molecular complexity index is 1790. The third-order valence-corrected chi connectivity index (χ3v) is 8.44. The molecule has 0 aliphatic carbocycles. The van der Waals surface area contributed by atoms with Crippen LogP contribution in [0.2, 0.25) is 0 Å². The van der Waals surface area contributed by atoms with Crippen LogP contribution in [-0.4, -0.2) is 37.5 Å². The molecule has 2 N–H and O–H groups in total. The summed E-state index contributed by atoms with van der Waals surface area (Å²) in [6, 6.07) is 22.6. The minimum atomic E-state index is -0.926. The van der Waals surface area contributed by atoms with Gasteiger partial charge < -0.3 is 15.1 Å². The number of likely N-dealkylation sites (tertiary alicyclic amines) is 1. The van der Waals surface area contributed by atoms with Crippen molar-refractivity contribution >= 4 is 17.2 Å². The Morgan fingerprint density at radius 3 is 2.64 bits per heavy atom. The lowest BCUT2D eigenvalue weighted by Gasteiger charge is -2.23. The summed E-state index contributed by atoms with van der Waals surface area (Å²) in [6.07, 6.45) is 2.24. The molecule has 6 rings (SSSR count). The topological polar surface area (TPSA) is 135 Å². The van der Waals surface area contributed by atoms with Gasteiger partial charge >= 0.3 is 0 Å². The molecule has 5 aromatic rings. The predicted molar refractivity (Wildman–Crippen MR) is 159 cm³/mol. The summed E-state index contributed by atoms with van der Waals surface area (Å²) in [5.74, 6) is 0.267. The molecule has 1 aliphatic rings. The van der Waals surface area contributed by atoms with Crippen molar-refractivity contribution in [3.8, 4) is 28.9 Å². The molecule has 0 saturated carbocycles. The second kappa shape index (κ2) is 11.3. The molecule has 9 nitrogen and oxygen atoms in total. The molecule has 0 spiro atoms. The number of nitriles is 1. The number of pyridine rings is 1. The van der Waals surface area contributed by atoms with E-state index in [1.807, 2.05) is 66.6 Å². The number of thiazole rings is 1. The monoisotopic (exact) mass is 575 g/mol. The summed E-state index contributed by atoms with van der Waals surface area (Å²) < 4.78 is 6.10. The zero-order chi connectivity index (χ0) is 29.3. The fraction of sp³-hybridized carbons (Fsp3) is 0.250. The van der Waals surface area contributed by atoms with Gasteiger partial charge in [0.1, 0.15) is 10.7 Å². The molecule has 1 aliphatic heterocycles. The fourth-order valence-corrected chi connectivity index (χ4v) is 6.26. The van der Waals surface area contributed by atoms with Gasteiger partial charge in [0.15, 0.2) is 0 Å². The van der Waals surface area contributed by atoms with Crippen molar-refractivity contribution in [3.05, 3.63) is 105 Å². The van der Waals surface area contributed by atoms with Gasteiger partial charge in [0.25, 0.3) is 11.8 Å². The number of carbonyl (C=O) groups is 1. The van der Waals surface area contributed by atoms with Crippen LogP contribution < -0.4 is 5.73 Å². The van der Waals surface area contributed by atoms with E-state index in [2.05, 4.69) is 21.3 Å². The van der Waals surface area contributed by atoms with Gasteiger partial charge in [0, 0.05) is 28.7 Å². The number of hydrogen-bond acceptors (Lipinski definition) is 9. The molecular formula is C32H29N7O2S. The van der Waals surface area contributed by atoms with Crippen molar-refractivity contribution in [2.75, 3.05) is 6.54 Å². The van der Waals surface area contributed by atoms with Gasteiger partial charge in [-0.25, -0.2) is 9.97 Å². The van der Waals surface area contributed by atoms with Gasteiger partial charge in [-0.1, -0.05) is 48.5 Å². The summed E-state index contributed by atoms with van der Waals surface area (Å²) in [4.78, 5) is 25.4. The summed E-state index contributed by atoms with van der Waals surface area (Å²) in [6.45, 7) is 4.42. The lowest BCUT2D eigenvalue weighted by atomic mass is 9.94. The molecule has 10 heteroatoms. The summed E-state index contributed by atoms with van der Waals surface area (Å²) in [5, 5.41) is 21.3. The molecule has 1 saturated heterocycles. The van der Waals surface area contributed by atoms with E-state index >= 15 is 0 Å². The molecule has 3 aromatic heterocycles. The van der Waals surface area contributed by atoms with Crippen LogP contribution in [0.25, 0.3) is 22.8 Å². The third-order valence-electron chi connectivity index (χ3n) is 7.38. The van der Waals surface area contributed by atoms with E-state index in [4.69, 9.17) is 15.1 Å². The average Bonchev–Trinajstić information content (AvgIpc) is 3.78. The van der Waals surface area contributed by atoms with Crippen LogP contribution in [0.3, 0.4) is 0 Å². The van der Waals surface area contributed by atoms with Crippen molar-refractivity contribution < 1.29 is 9.21 Å². The first-order valence-corrected chi connectivity index (χ1v) is 14.6. The Morgan fingerprint density at radius 1 is 1.12 bits per heavy atom. The number of hydrogen-bond donors (Lipinski definition) is 1. The first-order chi connectivity index (χ1) is 20.3. The van der Waals surface area contributed by atoms with Gasteiger partial charge in [-0.2, -0.15) is 5.26 Å². The minimum Gasteiger partial charge on any atom is -0.417 e. The van der Waals surface area contributed by atoms with Crippen LogP contribution in [0.1, 0.15) is 63.9 Å². The van der Waals surface area contributed by atoms with Crippen molar-refractivity contribution in [1.82, 2.24) is 25.1 Å². The molecule has 4 heterocycles. The van der Waals surface area contributed by atoms with Crippen LogP contribution in [0, 0.1) is 18.3 Å². The molecule has 0 bridgehead atoms. The molecular weight excluding hydrogens is 546 g/mol. The number of aryl methyl sites for hydroxylation is 1.